The fourth-order valence-electron chi connectivity index (χ4n) is 3.08. The molecule has 94 valence electrons. The van der Waals surface area contributed by atoms with E-state index in [2.05, 4.69) is 6.07 Å². The number of fused-ring (bicyclic) bond motifs is 1. The van der Waals surface area contributed by atoms with Gasteiger partial charge in [0.2, 0.25) is 0 Å². The van der Waals surface area contributed by atoms with Gasteiger partial charge in [0.15, 0.2) is 0 Å². The van der Waals surface area contributed by atoms with Gasteiger partial charge >= 0.3 is 0 Å². The van der Waals surface area contributed by atoms with Gasteiger partial charge in [-0.1, -0.05) is 25.7 Å². The lowest BCUT2D eigenvalue weighted by atomic mass is 9.81. The fraction of sp³-hybridized carbons (Fsp3) is 0.733. The van der Waals surface area contributed by atoms with Crippen LogP contribution in [0.1, 0.15) is 66.3 Å². The maximum atomic E-state index is 6.37. The van der Waals surface area contributed by atoms with Crippen molar-refractivity contribution in [2.45, 2.75) is 63.8 Å². The van der Waals surface area contributed by atoms with Crippen molar-refractivity contribution in [1.82, 2.24) is 0 Å². The molecule has 0 radical (unpaired) electrons. The van der Waals surface area contributed by atoms with Crippen LogP contribution in [-0.2, 0) is 12.8 Å². The molecule has 0 saturated heterocycles. The lowest BCUT2D eigenvalue weighted by Gasteiger charge is -2.27. The van der Waals surface area contributed by atoms with Gasteiger partial charge in [-0.2, -0.15) is 0 Å². The van der Waals surface area contributed by atoms with Gasteiger partial charge in [0.1, 0.15) is 0 Å². The van der Waals surface area contributed by atoms with Crippen molar-refractivity contribution in [1.29, 1.82) is 0 Å². The van der Waals surface area contributed by atoms with Crippen LogP contribution in [0.25, 0.3) is 0 Å². The first-order chi connectivity index (χ1) is 8.33. The summed E-state index contributed by atoms with van der Waals surface area (Å²) >= 11 is 2.01. The molecule has 1 heterocycles. The summed E-state index contributed by atoms with van der Waals surface area (Å²) in [6.07, 6.45) is 12.2. The molecule has 1 nitrogen and oxygen atoms in total. The maximum Gasteiger partial charge on any atom is 0.0392 e. The Labute approximate surface area is 108 Å². The first kappa shape index (κ1) is 11.7. The van der Waals surface area contributed by atoms with Crippen LogP contribution < -0.4 is 5.73 Å². The van der Waals surface area contributed by atoms with Crippen molar-refractivity contribution in [3.63, 3.8) is 0 Å². The van der Waals surface area contributed by atoms with E-state index in [1.165, 1.54) is 62.7 Å². The van der Waals surface area contributed by atoms with Crippen molar-refractivity contribution in [2.24, 2.45) is 11.7 Å². The number of aryl methyl sites for hydroxylation is 2. The predicted molar refractivity (Wildman–Crippen MR) is 74.5 cm³/mol. The molecule has 1 unspecified atom stereocenters. The molecule has 0 spiro atoms. The summed E-state index contributed by atoms with van der Waals surface area (Å²) in [6.45, 7) is 0. The summed E-state index contributed by atoms with van der Waals surface area (Å²) in [6, 6.07) is 2.74. The standard InChI is InChI=1S/C15H23NS/c16-13(9-11-5-4-6-11)15-10-12-7-2-1-3-8-14(12)17-15/h10-11,13H,1-9,16H2. The molecule has 0 bridgehead atoms. The molecule has 17 heavy (non-hydrogen) atoms. The Morgan fingerprint density at radius 1 is 1.18 bits per heavy atom. The largest absolute Gasteiger partial charge is 0.323 e. The Morgan fingerprint density at radius 3 is 2.76 bits per heavy atom. The molecule has 0 amide bonds. The van der Waals surface area contributed by atoms with Crippen molar-refractivity contribution >= 4 is 11.3 Å². The average molecular weight is 249 g/mol. The predicted octanol–water partition coefficient (Wildman–Crippen LogP) is 4.21. The monoisotopic (exact) mass is 249 g/mol. The molecule has 0 aliphatic heterocycles. The van der Waals surface area contributed by atoms with Gasteiger partial charge in [-0.3, -0.25) is 0 Å². The van der Waals surface area contributed by atoms with Crippen molar-refractivity contribution in [3.8, 4) is 0 Å². The molecular weight excluding hydrogens is 226 g/mol. The topological polar surface area (TPSA) is 26.0 Å². The Balaban J connectivity index is 1.69. The van der Waals surface area contributed by atoms with Crippen LogP contribution in [0.15, 0.2) is 6.07 Å². The average Bonchev–Trinajstić information content (AvgIpc) is 2.55. The zero-order chi connectivity index (χ0) is 11.7. The van der Waals surface area contributed by atoms with E-state index in [4.69, 9.17) is 5.73 Å². The second-order valence-electron chi connectivity index (χ2n) is 5.80. The number of hydrogen-bond acceptors (Lipinski definition) is 2. The van der Waals surface area contributed by atoms with Crippen LogP contribution >= 0.6 is 11.3 Å². The van der Waals surface area contributed by atoms with E-state index in [0.717, 1.165) is 5.92 Å². The minimum Gasteiger partial charge on any atom is -0.323 e. The van der Waals surface area contributed by atoms with Gasteiger partial charge in [0.25, 0.3) is 0 Å². The van der Waals surface area contributed by atoms with E-state index in [-0.39, 0.29) is 0 Å². The van der Waals surface area contributed by atoms with Crippen molar-refractivity contribution < 1.29 is 0 Å². The first-order valence-corrected chi connectivity index (χ1v) is 8.01. The molecule has 1 aromatic heterocycles. The molecule has 1 fully saturated rings. The molecule has 2 heteroatoms. The van der Waals surface area contributed by atoms with Crippen molar-refractivity contribution in [3.05, 3.63) is 21.4 Å². The minimum absolute atomic E-state index is 0.317. The smallest absolute Gasteiger partial charge is 0.0392 e. The molecule has 3 rings (SSSR count). The Hall–Kier alpha value is -0.340. The van der Waals surface area contributed by atoms with Crippen LogP contribution in [0.5, 0.6) is 0 Å². The molecule has 1 aromatic rings. The Bertz CT molecular complexity index is 355. The highest BCUT2D eigenvalue weighted by molar-refractivity contribution is 7.12. The molecule has 2 aliphatic rings. The molecule has 1 atom stereocenters. The van der Waals surface area contributed by atoms with Crippen LogP contribution in [0, 0.1) is 5.92 Å². The molecular formula is C15H23NS. The van der Waals surface area contributed by atoms with E-state index < -0.39 is 0 Å². The summed E-state index contributed by atoms with van der Waals surface area (Å²) in [7, 11) is 0. The van der Waals surface area contributed by atoms with E-state index in [1.54, 1.807) is 10.4 Å². The molecule has 1 saturated carbocycles. The third-order valence-electron chi connectivity index (χ3n) is 4.44. The van der Waals surface area contributed by atoms with E-state index in [0.29, 0.717) is 6.04 Å². The van der Waals surface area contributed by atoms with Gasteiger partial charge in [0.05, 0.1) is 0 Å². The number of rotatable bonds is 3. The minimum atomic E-state index is 0.317. The normalized spacial score (nSPS) is 22.6. The third kappa shape index (κ3) is 2.58. The molecule has 0 aromatic carbocycles. The van der Waals surface area contributed by atoms with Crippen LogP contribution in [-0.4, -0.2) is 0 Å². The van der Waals surface area contributed by atoms with Crippen LogP contribution in [0.3, 0.4) is 0 Å². The Morgan fingerprint density at radius 2 is 2.00 bits per heavy atom. The SMILES string of the molecule is NC(CC1CCC1)c1cc2c(s1)CCCCC2. The second-order valence-corrected chi connectivity index (χ2v) is 6.97. The quantitative estimate of drug-likeness (QED) is 0.798. The van der Waals surface area contributed by atoms with Gasteiger partial charge in [-0.25, -0.2) is 0 Å². The molecule has 2 aliphatic carbocycles. The lowest BCUT2D eigenvalue weighted by Crippen LogP contribution is -2.19. The highest BCUT2D eigenvalue weighted by Crippen LogP contribution is 2.37. The number of nitrogens with two attached hydrogens (primary N) is 1. The van der Waals surface area contributed by atoms with E-state index >= 15 is 0 Å². The first-order valence-electron chi connectivity index (χ1n) is 7.20. The maximum absolute atomic E-state index is 6.37. The third-order valence-corrected chi connectivity index (χ3v) is 5.81. The summed E-state index contributed by atoms with van der Waals surface area (Å²) in [5.41, 5.74) is 7.98. The van der Waals surface area contributed by atoms with Gasteiger partial charge in [-0.05, 0) is 49.7 Å². The van der Waals surface area contributed by atoms with Crippen LogP contribution in [0.4, 0.5) is 0 Å². The van der Waals surface area contributed by atoms with Crippen molar-refractivity contribution in [2.75, 3.05) is 0 Å². The van der Waals surface area contributed by atoms with Gasteiger partial charge in [-0.15, -0.1) is 11.3 Å². The highest BCUT2D eigenvalue weighted by atomic mass is 32.1. The van der Waals surface area contributed by atoms with Gasteiger partial charge in [0, 0.05) is 15.8 Å². The highest BCUT2D eigenvalue weighted by Gasteiger charge is 2.23. The Kier molecular flexibility index (Phi) is 3.53. The fourth-order valence-corrected chi connectivity index (χ4v) is 4.35. The molecule has 2 N–H and O–H groups in total. The van der Waals surface area contributed by atoms with E-state index in [1.807, 2.05) is 11.3 Å². The van der Waals surface area contributed by atoms with Gasteiger partial charge < -0.3 is 5.73 Å². The lowest BCUT2D eigenvalue weighted by molar-refractivity contribution is 0.278. The summed E-state index contributed by atoms with van der Waals surface area (Å²) in [5, 5.41) is 0. The zero-order valence-corrected chi connectivity index (χ0v) is 11.4. The summed E-state index contributed by atoms with van der Waals surface area (Å²) in [4.78, 5) is 3.10. The zero-order valence-electron chi connectivity index (χ0n) is 10.6. The number of thiophene rings is 1. The second kappa shape index (κ2) is 5.11. The summed E-state index contributed by atoms with van der Waals surface area (Å²) < 4.78 is 0. The number of hydrogen-bond donors (Lipinski definition) is 1. The summed E-state index contributed by atoms with van der Waals surface area (Å²) in [5.74, 6) is 0.923. The van der Waals surface area contributed by atoms with Crippen LogP contribution in [0.2, 0.25) is 0 Å². The van der Waals surface area contributed by atoms with E-state index in [9.17, 15) is 0 Å².